The first-order valence-corrected chi connectivity index (χ1v) is 8.21. The van der Waals surface area contributed by atoms with E-state index in [1.54, 1.807) is 17.7 Å². The first-order chi connectivity index (χ1) is 11.9. The Bertz CT molecular complexity index is 959. The Morgan fingerprint density at radius 3 is 2.40 bits per heavy atom. The fourth-order valence-corrected chi connectivity index (χ4v) is 2.92. The molecule has 1 heterocycles. The Labute approximate surface area is 150 Å². The lowest BCUT2D eigenvalue weighted by molar-refractivity contribution is 0.414. The van der Waals surface area contributed by atoms with Gasteiger partial charge in [0.2, 0.25) is 0 Å². The number of rotatable bonds is 4. The van der Waals surface area contributed by atoms with E-state index >= 15 is 0 Å². The third kappa shape index (κ3) is 3.10. The summed E-state index contributed by atoms with van der Waals surface area (Å²) in [6.45, 7) is 3.94. The standard InChI is InChI=1S/C18H19N3O3S/c1-10(2)13-8-14(16(23)9-15(13)22)17-19-20-18(25)21(17)11-4-6-12(24-3)7-5-11/h4-10,22-23H,1-3H3,(H,20,25). The van der Waals surface area contributed by atoms with Crippen LogP contribution in [-0.2, 0) is 0 Å². The molecule has 0 saturated heterocycles. The molecule has 25 heavy (non-hydrogen) atoms. The molecule has 0 aliphatic heterocycles. The highest BCUT2D eigenvalue weighted by Crippen LogP contribution is 2.37. The van der Waals surface area contributed by atoms with Crippen molar-refractivity contribution in [1.82, 2.24) is 14.8 Å². The molecule has 3 aromatic rings. The number of aromatic nitrogens is 3. The minimum absolute atomic E-state index is 0.0568. The molecule has 0 unspecified atom stereocenters. The van der Waals surface area contributed by atoms with Crippen LogP contribution in [0.4, 0.5) is 0 Å². The number of nitrogens with one attached hydrogen (secondary N) is 1. The predicted molar refractivity (Wildman–Crippen MR) is 98.2 cm³/mol. The van der Waals surface area contributed by atoms with E-state index in [0.717, 1.165) is 17.0 Å². The average molecular weight is 357 g/mol. The lowest BCUT2D eigenvalue weighted by atomic mass is 9.98. The van der Waals surface area contributed by atoms with Gasteiger partial charge < -0.3 is 14.9 Å². The molecule has 0 aliphatic carbocycles. The Hall–Kier alpha value is -2.80. The van der Waals surface area contributed by atoms with Crippen LogP contribution in [0.1, 0.15) is 25.3 Å². The quantitative estimate of drug-likeness (QED) is 0.611. The molecule has 2 aromatic carbocycles. The summed E-state index contributed by atoms with van der Waals surface area (Å²) in [5.41, 5.74) is 2.00. The summed E-state index contributed by atoms with van der Waals surface area (Å²) in [6, 6.07) is 10.4. The molecule has 6 nitrogen and oxygen atoms in total. The fraction of sp³-hybridized carbons (Fsp3) is 0.222. The summed E-state index contributed by atoms with van der Waals surface area (Å²) in [6.07, 6.45) is 0. The van der Waals surface area contributed by atoms with Crippen LogP contribution in [0.25, 0.3) is 17.1 Å². The summed E-state index contributed by atoms with van der Waals surface area (Å²) in [4.78, 5) is 0. The van der Waals surface area contributed by atoms with Gasteiger partial charge in [-0.1, -0.05) is 13.8 Å². The van der Waals surface area contributed by atoms with Gasteiger partial charge in [0.25, 0.3) is 0 Å². The normalized spacial score (nSPS) is 11.0. The predicted octanol–water partition coefficient (Wildman–Crippen LogP) is 4.14. The van der Waals surface area contributed by atoms with Gasteiger partial charge in [-0.3, -0.25) is 9.67 Å². The molecule has 0 spiro atoms. The van der Waals surface area contributed by atoms with E-state index in [4.69, 9.17) is 17.0 Å². The number of methoxy groups -OCH3 is 1. The lowest BCUT2D eigenvalue weighted by Crippen LogP contribution is -1.99. The van der Waals surface area contributed by atoms with Crippen molar-refractivity contribution >= 4 is 12.2 Å². The van der Waals surface area contributed by atoms with E-state index in [1.165, 1.54) is 6.07 Å². The maximum atomic E-state index is 10.3. The molecule has 0 saturated carbocycles. The van der Waals surface area contributed by atoms with Crippen LogP contribution >= 0.6 is 12.2 Å². The Kier molecular flexibility index (Phi) is 4.50. The fourth-order valence-electron chi connectivity index (χ4n) is 2.68. The van der Waals surface area contributed by atoms with E-state index in [2.05, 4.69) is 10.2 Å². The molecular weight excluding hydrogens is 338 g/mol. The van der Waals surface area contributed by atoms with E-state index in [9.17, 15) is 10.2 Å². The van der Waals surface area contributed by atoms with Crippen LogP contribution in [0.2, 0.25) is 0 Å². The molecule has 0 amide bonds. The number of aromatic amines is 1. The van der Waals surface area contributed by atoms with Gasteiger partial charge in [0.1, 0.15) is 17.2 Å². The second-order valence-electron chi connectivity index (χ2n) is 5.97. The summed E-state index contributed by atoms with van der Waals surface area (Å²) in [5.74, 6) is 1.28. The van der Waals surface area contributed by atoms with E-state index < -0.39 is 0 Å². The third-order valence-electron chi connectivity index (χ3n) is 4.01. The van der Waals surface area contributed by atoms with E-state index in [0.29, 0.717) is 16.2 Å². The smallest absolute Gasteiger partial charge is 0.200 e. The number of benzene rings is 2. The van der Waals surface area contributed by atoms with Crippen molar-refractivity contribution in [3.63, 3.8) is 0 Å². The molecule has 3 N–H and O–H groups in total. The monoisotopic (exact) mass is 357 g/mol. The summed E-state index contributed by atoms with van der Waals surface area (Å²) in [7, 11) is 1.60. The Morgan fingerprint density at radius 2 is 1.80 bits per heavy atom. The topological polar surface area (TPSA) is 83.3 Å². The summed E-state index contributed by atoms with van der Waals surface area (Å²) >= 11 is 5.35. The van der Waals surface area contributed by atoms with Crippen molar-refractivity contribution in [2.45, 2.75) is 19.8 Å². The molecule has 1 aromatic heterocycles. The number of aromatic hydroxyl groups is 2. The summed E-state index contributed by atoms with van der Waals surface area (Å²) < 4.78 is 7.31. The lowest BCUT2D eigenvalue weighted by Gasteiger charge is -2.13. The van der Waals surface area contributed by atoms with Crippen molar-refractivity contribution in [3.05, 3.63) is 46.7 Å². The van der Waals surface area contributed by atoms with Crippen LogP contribution in [-0.4, -0.2) is 32.1 Å². The zero-order chi connectivity index (χ0) is 18.1. The second kappa shape index (κ2) is 6.60. The van der Waals surface area contributed by atoms with Gasteiger partial charge >= 0.3 is 0 Å². The molecule has 0 radical (unpaired) electrons. The van der Waals surface area contributed by atoms with Gasteiger partial charge in [-0.05, 0) is 54.0 Å². The van der Waals surface area contributed by atoms with Crippen molar-refractivity contribution in [1.29, 1.82) is 0 Å². The van der Waals surface area contributed by atoms with E-state index in [-0.39, 0.29) is 17.4 Å². The number of nitrogens with zero attached hydrogens (tertiary/aromatic N) is 2. The van der Waals surface area contributed by atoms with Crippen LogP contribution in [0, 0.1) is 4.77 Å². The Morgan fingerprint density at radius 1 is 1.12 bits per heavy atom. The minimum Gasteiger partial charge on any atom is -0.508 e. The number of phenols is 2. The molecule has 0 atom stereocenters. The van der Waals surface area contributed by atoms with Crippen LogP contribution in [0.15, 0.2) is 36.4 Å². The van der Waals surface area contributed by atoms with E-state index in [1.807, 2.05) is 38.1 Å². The van der Waals surface area contributed by atoms with Crippen molar-refractivity contribution in [2.75, 3.05) is 7.11 Å². The van der Waals surface area contributed by atoms with Crippen molar-refractivity contribution in [2.24, 2.45) is 0 Å². The average Bonchev–Trinajstić information content (AvgIpc) is 2.96. The largest absolute Gasteiger partial charge is 0.508 e. The zero-order valence-electron chi connectivity index (χ0n) is 14.1. The molecular formula is C18H19N3O3S. The zero-order valence-corrected chi connectivity index (χ0v) is 15.0. The van der Waals surface area contributed by atoms with Gasteiger partial charge in [0, 0.05) is 6.07 Å². The van der Waals surface area contributed by atoms with Crippen LogP contribution in [0.3, 0.4) is 0 Å². The molecule has 0 bridgehead atoms. The van der Waals surface area contributed by atoms with Crippen molar-refractivity contribution < 1.29 is 14.9 Å². The maximum Gasteiger partial charge on any atom is 0.200 e. The highest BCUT2D eigenvalue weighted by molar-refractivity contribution is 7.71. The van der Waals surface area contributed by atoms with Gasteiger partial charge in [-0.2, -0.15) is 5.10 Å². The second-order valence-corrected chi connectivity index (χ2v) is 6.36. The first kappa shape index (κ1) is 17.0. The molecule has 3 rings (SSSR count). The number of hydrogen-bond donors (Lipinski definition) is 3. The molecule has 0 aliphatic rings. The minimum atomic E-state index is -0.0642. The number of ether oxygens (including phenoxy) is 1. The van der Waals surface area contributed by atoms with Crippen LogP contribution in [0.5, 0.6) is 17.2 Å². The highest BCUT2D eigenvalue weighted by atomic mass is 32.1. The maximum absolute atomic E-state index is 10.3. The highest BCUT2D eigenvalue weighted by Gasteiger charge is 2.18. The van der Waals surface area contributed by atoms with Gasteiger partial charge in [0.05, 0.1) is 18.4 Å². The van der Waals surface area contributed by atoms with Gasteiger partial charge in [-0.15, -0.1) is 0 Å². The Balaban J connectivity index is 2.20. The summed E-state index contributed by atoms with van der Waals surface area (Å²) in [5, 5.41) is 27.4. The number of hydrogen-bond acceptors (Lipinski definition) is 5. The molecule has 0 fully saturated rings. The van der Waals surface area contributed by atoms with Gasteiger partial charge in [-0.25, -0.2) is 0 Å². The number of phenolic OH excluding ortho intramolecular Hbond substituents is 2. The first-order valence-electron chi connectivity index (χ1n) is 7.80. The third-order valence-corrected chi connectivity index (χ3v) is 4.28. The molecule has 130 valence electrons. The van der Waals surface area contributed by atoms with Crippen LogP contribution < -0.4 is 4.74 Å². The SMILES string of the molecule is COc1ccc(-n2c(-c3cc(C(C)C)c(O)cc3O)n[nH]c2=S)cc1. The molecule has 7 heteroatoms. The number of H-pyrrole nitrogens is 1. The van der Waals surface area contributed by atoms with Gasteiger partial charge in [0.15, 0.2) is 10.6 Å². The van der Waals surface area contributed by atoms with Crippen molar-refractivity contribution in [3.8, 4) is 34.3 Å².